The minimum absolute atomic E-state index is 0.0587. The minimum Gasteiger partial charge on any atom is -0.507 e. The van der Waals surface area contributed by atoms with Crippen LogP contribution in [0.2, 0.25) is 0 Å². The van der Waals surface area contributed by atoms with E-state index in [1.165, 1.54) is 27.0 Å². The molecule has 0 unspecified atom stereocenters. The van der Waals surface area contributed by atoms with Gasteiger partial charge < -0.3 is 24.6 Å². The van der Waals surface area contributed by atoms with Crippen molar-refractivity contribution in [2.75, 3.05) is 0 Å². The van der Waals surface area contributed by atoms with Gasteiger partial charge in [-0.1, -0.05) is 45.4 Å². The molecule has 3 heterocycles. The summed E-state index contributed by atoms with van der Waals surface area (Å²) in [5.74, 6) is -5.41. The van der Waals surface area contributed by atoms with Gasteiger partial charge in [-0.25, -0.2) is 0 Å². The van der Waals surface area contributed by atoms with Crippen LogP contribution in [-0.2, 0) is 19.1 Å². The number of phenols is 1. The van der Waals surface area contributed by atoms with E-state index in [0.29, 0.717) is 12.0 Å². The average molecular weight is 620 g/mol. The summed E-state index contributed by atoms with van der Waals surface area (Å²) in [6.45, 7) is 11.9. The molecular formula is C35H41NO9. The fraction of sp³-hybridized carbons (Fsp3) is 0.457. The molecule has 0 saturated heterocycles. The van der Waals surface area contributed by atoms with Crippen molar-refractivity contribution in [3.63, 3.8) is 0 Å². The molecule has 10 nitrogen and oxygen atoms in total. The first kappa shape index (κ1) is 33.4. The fourth-order valence-electron chi connectivity index (χ4n) is 5.97. The number of aromatic hydroxyl groups is 1. The van der Waals surface area contributed by atoms with E-state index in [0.717, 1.165) is 25.3 Å². The average Bonchev–Trinajstić information content (AvgIpc) is 3.23. The second-order valence-corrected chi connectivity index (χ2v) is 12.4. The third-order valence-corrected chi connectivity index (χ3v) is 8.62. The Hall–Kier alpha value is -4.47. The summed E-state index contributed by atoms with van der Waals surface area (Å²) in [4.78, 5) is 65.5. The monoisotopic (exact) mass is 619 g/mol. The Kier molecular flexibility index (Phi) is 9.85. The molecule has 1 aromatic carbocycles. The maximum atomic E-state index is 13.7. The highest BCUT2D eigenvalue weighted by atomic mass is 16.7. The first-order chi connectivity index (χ1) is 21.2. The first-order valence-electron chi connectivity index (χ1n) is 15.3. The van der Waals surface area contributed by atoms with Crippen molar-refractivity contribution in [1.82, 2.24) is 5.32 Å². The number of carbonyl (C=O) groups excluding carboxylic acids is 5. The second-order valence-electron chi connectivity index (χ2n) is 12.4. The summed E-state index contributed by atoms with van der Waals surface area (Å²) in [6.07, 6.45) is 12.1. The molecule has 1 aliphatic carbocycles. The number of Topliss-reactive ketones (excluding diaryl/α,β-unsaturated/α-hetero) is 2. The number of amides is 1. The predicted octanol–water partition coefficient (Wildman–Crippen LogP) is 5.82. The molecule has 0 fully saturated rings. The van der Waals surface area contributed by atoms with E-state index >= 15 is 0 Å². The van der Waals surface area contributed by atoms with Gasteiger partial charge in [0.05, 0.1) is 28.6 Å². The van der Waals surface area contributed by atoms with Crippen molar-refractivity contribution < 1.29 is 43.3 Å². The van der Waals surface area contributed by atoms with Gasteiger partial charge in [-0.3, -0.25) is 24.0 Å². The number of benzene rings is 1. The number of ketones is 3. The molecular weight excluding hydrogens is 578 g/mol. The Bertz CT molecular complexity index is 1560. The van der Waals surface area contributed by atoms with Gasteiger partial charge in [-0.15, -0.1) is 0 Å². The van der Waals surface area contributed by atoms with Crippen LogP contribution >= 0.6 is 0 Å². The van der Waals surface area contributed by atoms with Gasteiger partial charge in [0.1, 0.15) is 17.6 Å². The zero-order chi connectivity index (χ0) is 33.2. The number of hydrogen-bond donors (Lipinski definition) is 2. The van der Waals surface area contributed by atoms with Crippen molar-refractivity contribution in [3.05, 3.63) is 70.2 Å². The summed E-state index contributed by atoms with van der Waals surface area (Å²) in [5, 5.41) is 13.5. The molecule has 0 aromatic heterocycles. The quantitative estimate of drug-likeness (QED) is 0.372. The van der Waals surface area contributed by atoms with Crippen LogP contribution in [0.3, 0.4) is 0 Å². The highest BCUT2D eigenvalue weighted by Crippen LogP contribution is 2.47. The second kappa shape index (κ2) is 13.3. The molecule has 5 atom stereocenters. The number of ether oxygens (including phenoxy) is 3. The van der Waals surface area contributed by atoms with E-state index in [-0.39, 0.29) is 63.5 Å². The fourth-order valence-corrected chi connectivity index (χ4v) is 5.97. The van der Waals surface area contributed by atoms with Crippen LogP contribution in [0.5, 0.6) is 11.5 Å². The Morgan fingerprint density at radius 1 is 1.04 bits per heavy atom. The standard InChI is InChI=1S/C35H41NO9/c1-18-11-8-13-19(2)31(44-23(6)37)20(3)15-10-16-43-35(7)33(41)28-26-25(38)17-24(36-34(42)21(4)14-9-12-18)30(40)27(26)29(39)22(5)32(28)45-35/h9-10,12,14,16-20,31,39H,8,11,13,15H2,1-7H3,(H,36,42)/b12-9+,16-10+,21-14-/t18-,19-,20-,31+,35+/m1/s1. The number of nitrogens with one attached hydrogen (secondary N) is 1. The zero-order valence-electron chi connectivity index (χ0n) is 26.8. The van der Waals surface area contributed by atoms with Gasteiger partial charge in [-0.05, 0) is 56.9 Å². The molecule has 4 aliphatic rings. The molecule has 3 aliphatic heterocycles. The van der Waals surface area contributed by atoms with Gasteiger partial charge in [0.2, 0.25) is 5.78 Å². The number of allylic oxidation sites excluding steroid dienone is 6. The van der Waals surface area contributed by atoms with Crippen molar-refractivity contribution in [3.8, 4) is 11.5 Å². The maximum absolute atomic E-state index is 13.7. The smallest absolute Gasteiger partial charge is 0.312 e. The number of fused-ring (bicyclic) bond motifs is 14. The Morgan fingerprint density at radius 3 is 2.44 bits per heavy atom. The van der Waals surface area contributed by atoms with Crippen LogP contribution in [0.25, 0.3) is 0 Å². The molecule has 2 N–H and O–H groups in total. The Balaban J connectivity index is 1.73. The van der Waals surface area contributed by atoms with Gasteiger partial charge >= 0.3 is 11.8 Å². The van der Waals surface area contributed by atoms with Crippen LogP contribution in [0.1, 0.15) is 104 Å². The number of hydrogen-bond acceptors (Lipinski definition) is 9. The molecule has 1 amide bonds. The van der Waals surface area contributed by atoms with Crippen LogP contribution in [0, 0.1) is 24.7 Å². The summed E-state index contributed by atoms with van der Waals surface area (Å²) in [7, 11) is 0. The number of carbonyl (C=O) groups is 5. The van der Waals surface area contributed by atoms with E-state index in [1.807, 2.05) is 13.0 Å². The summed E-state index contributed by atoms with van der Waals surface area (Å²) < 4.78 is 17.4. The van der Waals surface area contributed by atoms with Crippen molar-refractivity contribution in [2.45, 2.75) is 86.0 Å². The van der Waals surface area contributed by atoms with Crippen molar-refractivity contribution in [1.29, 1.82) is 0 Å². The zero-order valence-corrected chi connectivity index (χ0v) is 26.8. The van der Waals surface area contributed by atoms with E-state index in [2.05, 4.69) is 19.2 Å². The Labute approximate surface area is 263 Å². The van der Waals surface area contributed by atoms with Gasteiger partial charge in [0.25, 0.3) is 11.7 Å². The highest BCUT2D eigenvalue weighted by Gasteiger charge is 2.51. The van der Waals surface area contributed by atoms with E-state index < -0.39 is 34.8 Å². The Morgan fingerprint density at radius 2 is 1.76 bits per heavy atom. The van der Waals surface area contributed by atoms with E-state index in [4.69, 9.17) is 14.2 Å². The van der Waals surface area contributed by atoms with Crippen molar-refractivity contribution in [2.24, 2.45) is 17.8 Å². The summed E-state index contributed by atoms with van der Waals surface area (Å²) in [5.41, 5.74) is -0.785. The number of esters is 1. The van der Waals surface area contributed by atoms with E-state index in [9.17, 15) is 29.1 Å². The SMILES string of the molecule is CC(=O)O[C@@H]1[C@H](C)C/C=C/O[C@@]2(C)Oc3c(C)c(O)c4c(c3C2=O)C(=O)C=C(NC(=O)/C(C)=C\C=C\[C@H](C)CCC[C@H]1C)C4=O. The van der Waals surface area contributed by atoms with Crippen LogP contribution in [0.15, 0.2) is 47.9 Å². The first-order valence-corrected chi connectivity index (χ1v) is 15.3. The van der Waals surface area contributed by atoms with Crippen LogP contribution < -0.4 is 10.1 Å². The molecule has 5 bridgehead atoms. The molecule has 45 heavy (non-hydrogen) atoms. The molecule has 10 heteroatoms. The molecule has 240 valence electrons. The van der Waals surface area contributed by atoms with Crippen LogP contribution in [0.4, 0.5) is 0 Å². The number of rotatable bonds is 1. The summed E-state index contributed by atoms with van der Waals surface area (Å²) in [6, 6.07) is 0. The number of phenolic OH excluding ortho intramolecular Hbond substituents is 1. The van der Waals surface area contributed by atoms with Gasteiger partial charge in [-0.2, -0.15) is 0 Å². The summed E-state index contributed by atoms with van der Waals surface area (Å²) >= 11 is 0. The lowest BCUT2D eigenvalue weighted by molar-refractivity contribution is -0.152. The lowest BCUT2D eigenvalue weighted by Gasteiger charge is -2.29. The highest BCUT2D eigenvalue weighted by molar-refractivity contribution is 6.30. The maximum Gasteiger partial charge on any atom is 0.312 e. The predicted molar refractivity (Wildman–Crippen MR) is 166 cm³/mol. The largest absolute Gasteiger partial charge is 0.507 e. The lowest BCUT2D eigenvalue weighted by atomic mass is 9.84. The molecule has 0 saturated carbocycles. The van der Waals surface area contributed by atoms with Gasteiger partial charge in [0, 0.05) is 31.1 Å². The normalized spacial score (nSPS) is 30.3. The van der Waals surface area contributed by atoms with Gasteiger partial charge in [0.15, 0.2) is 5.78 Å². The molecule has 0 radical (unpaired) electrons. The topological polar surface area (TPSA) is 145 Å². The van der Waals surface area contributed by atoms with Crippen molar-refractivity contribution >= 4 is 29.2 Å². The van der Waals surface area contributed by atoms with Crippen LogP contribution in [-0.4, -0.2) is 46.2 Å². The molecule has 1 aromatic rings. The lowest BCUT2D eigenvalue weighted by Crippen LogP contribution is -2.38. The third kappa shape index (κ3) is 6.79. The molecule has 5 rings (SSSR count). The van der Waals surface area contributed by atoms with E-state index in [1.54, 1.807) is 25.2 Å². The third-order valence-electron chi connectivity index (χ3n) is 8.62. The molecule has 0 spiro atoms. The minimum atomic E-state index is -1.88.